The van der Waals surface area contributed by atoms with Crippen LogP contribution in [-0.2, 0) is 6.54 Å². The lowest BCUT2D eigenvalue weighted by Crippen LogP contribution is -2.00. The van der Waals surface area contributed by atoms with Gasteiger partial charge in [-0.25, -0.2) is 4.39 Å². The van der Waals surface area contributed by atoms with Gasteiger partial charge in [0.15, 0.2) is 0 Å². The Bertz CT molecular complexity index is 793. The van der Waals surface area contributed by atoms with Gasteiger partial charge in [-0.15, -0.1) is 0 Å². The first-order valence-corrected chi connectivity index (χ1v) is 6.99. The van der Waals surface area contributed by atoms with Gasteiger partial charge < -0.3 is 4.57 Å². The molecule has 0 spiro atoms. The van der Waals surface area contributed by atoms with Gasteiger partial charge in [-0.3, -0.25) is 0 Å². The zero-order valence-corrected chi connectivity index (χ0v) is 12.3. The van der Waals surface area contributed by atoms with E-state index in [1.54, 1.807) is 12.1 Å². The maximum atomic E-state index is 13.1. The number of hydrogen-bond acceptors (Lipinski definition) is 0. The van der Waals surface area contributed by atoms with Crippen LogP contribution in [-0.4, -0.2) is 4.57 Å². The Hall–Kier alpha value is -1.51. The number of halogens is 3. The van der Waals surface area contributed by atoms with E-state index in [4.69, 9.17) is 23.2 Å². The molecule has 0 bridgehead atoms. The van der Waals surface area contributed by atoms with Gasteiger partial charge in [-0.1, -0.05) is 29.3 Å². The van der Waals surface area contributed by atoms with E-state index >= 15 is 0 Å². The first-order chi connectivity index (χ1) is 9.54. The minimum absolute atomic E-state index is 0.213. The fourth-order valence-corrected chi connectivity index (χ4v) is 2.92. The number of hydrogen-bond donors (Lipinski definition) is 0. The number of nitrogens with zero attached hydrogens (tertiary/aromatic N) is 1. The summed E-state index contributed by atoms with van der Waals surface area (Å²) in [6, 6.07) is 10.4. The molecule has 1 nitrogen and oxygen atoms in total. The van der Waals surface area contributed by atoms with E-state index in [0.29, 0.717) is 16.6 Å². The maximum absolute atomic E-state index is 13.1. The smallest absolute Gasteiger partial charge is 0.123 e. The number of aromatic nitrogens is 1. The number of rotatable bonds is 2. The van der Waals surface area contributed by atoms with Gasteiger partial charge in [-0.05, 0) is 48.4 Å². The van der Waals surface area contributed by atoms with Crippen molar-refractivity contribution in [1.29, 1.82) is 0 Å². The van der Waals surface area contributed by atoms with Crippen LogP contribution in [0.3, 0.4) is 0 Å². The monoisotopic (exact) mass is 307 g/mol. The van der Waals surface area contributed by atoms with Crippen LogP contribution in [0.25, 0.3) is 10.9 Å². The van der Waals surface area contributed by atoms with Crippen molar-refractivity contribution in [2.45, 2.75) is 13.5 Å². The minimum atomic E-state index is -0.213. The molecule has 0 saturated carbocycles. The summed E-state index contributed by atoms with van der Waals surface area (Å²) in [4.78, 5) is 0. The van der Waals surface area contributed by atoms with Crippen LogP contribution in [0.4, 0.5) is 4.39 Å². The van der Waals surface area contributed by atoms with E-state index in [-0.39, 0.29) is 5.82 Å². The third kappa shape index (κ3) is 2.41. The summed E-state index contributed by atoms with van der Waals surface area (Å²) >= 11 is 12.2. The Kier molecular flexibility index (Phi) is 3.45. The first kappa shape index (κ1) is 13.5. The predicted octanol–water partition coefficient (Wildman–Crippen LogP) is 5.44. The Morgan fingerprint density at radius 3 is 2.65 bits per heavy atom. The molecule has 4 heteroatoms. The van der Waals surface area contributed by atoms with Crippen LogP contribution in [0.2, 0.25) is 10.0 Å². The van der Waals surface area contributed by atoms with Gasteiger partial charge in [0.25, 0.3) is 0 Å². The molecule has 1 aromatic heterocycles. The molecule has 3 rings (SSSR count). The molecule has 102 valence electrons. The van der Waals surface area contributed by atoms with E-state index < -0.39 is 0 Å². The molecule has 0 N–H and O–H groups in total. The van der Waals surface area contributed by atoms with E-state index in [0.717, 1.165) is 22.0 Å². The Balaban J connectivity index is 2.07. The maximum Gasteiger partial charge on any atom is 0.123 e. The van der Waals surface area contributed by atoms with Crippen molar-refractivity contribution >= 4 is 34.1 Å². The molecule has 0 aliphatic heterocycles. The highest BCUT2D eigenvalue weighted by Crippen LogP contribution is 2.29. The van der Waals surface area contributed by atoms with Crippen LogP contribution < -0.4 is 0 Å². The standard InChI is InChI=1S/C16H12Cl2FN/c1-10-6-13(19)3-2-11(10)9-20-5-4-14-15(18)7-12(17)8-16(14)20/h2-8H,9H2,1H3. The Morgan fingerprint density at radius 1 is 1.10 bits per heavy atom. The highest BCUT2D eigenvalue weighted by Gasteiger charge is 2.08. The summed E-state index contributed by atoms with van der Waals surface area (Å²) < 4.78 is 15.2. The van der Waals surface area contributed by atoms with Gasteiger partial charge in [0.1, 0.15) is 5.82 Å². The van der Waals surface area contributed by atoms with Crippen molar-refractivity contribution in [3.63, 3.8) is 0 Å². The Morgan fingerprint density at radius 2 is 1.90 bits per heavy atom. The van der Waals surface area contributed by atoms with E-state index in [1.165, 1.54) is 6.07 Å². The van der Waals surface area contributed by atoms with Gasteiger partial charge in [0.05, 0.1) is 10.5 Å². The molecule has 0 fully saturated rings. The van der Waals surface area contributed by atoms with Gasteiger partial charge in [0, 0.05) is 23.2 Å². The van der Waals surface area contributed by atoms with Gasteiger partial charge in [-0.2, -0.15) is 0 Å². The lowest BCUT2D eigenvalue weighted by Gasteiger charge is -2.09. The lowest BCUT2D eigenvalue weighted by atomic mass is 10.1. The summed E-state index contributed by atoms with van der Waals surface area (Å²) in [5, 5.41) is 2.22. The molecule has 0 saturated heterocycles. The first-order valence-electron chi connectivity index (χ1n) is 6.23. The molecule has 0 aliphatic rings. The third-order valence-electron chi connectivity index (χ3n) is 3.45. The average Bonchev–Trinajstić information content (AvgIpc) is 2.76. The van der Waals surface area contributed by atoms with Crippen molar-refractivity contribution in [3.05, 3.63) is 69.6 Å². The lowest BCUT2D eigenvalue weighted by molar-refractivity contribution is 0.625. The summed E-state index contributed by atoms with van der Waals surface area (Å²) in [5.41, 5.74) is 2.98. The topological polar surface area (TPSA) is 4.93 Å². The van der Waals surface area contributed by atoms with E-state index in [1.807, 2.05) is 31.3 Å². The second kappa shape index (κ2) is 5.12. The third-order valence-corrected chi connectivity index (χ3v) is 3.98. The van der Waals surface area contributed by atoms with Crippen LogP contribution in [0.5, 0.6) is 0 Å². The molecule has 2 aromatic carbocycles. The van der Waals surface area contributed by atoms with Crippen molar-refractivity contribution in [3.8, 4) is 0 Å². The summed E-state index contributed by atoms with van der Waals surface area (Å²) in [5.74, 6) is -0.213. The van der Waals surface area contributed by atoms with Crippen LogP contribution in [0.1, 0.15) is 11.1 Å². The fraction of sp³-hybridized carbons (Fsp3) is 0.125. The molecule has 20 heavy (non-hydrogen) atoms. The van der Waals surface area contributed by atoms with Crippen molar-refractivity contribution in [2.75, 3.05) is 0 Å². The SMILES string of the molecule is Cc1cc(F)ccc1Cn1ccc2c(Cl)cc(Cl)cc21. The number of aryl methyl sites for hydroxylation is 1. The van der Waals surface area contributed by atoms with Crippen LogP contribution in [0, 0.1) is 12.7 Å². The quantitative estimate of drug-likeness (QED) is 0.594. The highest BCUT2D eigenvalue weighted by molar-refractivity contribution is 6.38. The molecule has 0 unspecified atom stereocenters. The van der Waals surface area contributed by atoms with Crippen LogP contribution in [0.15, 0.2) is 42.6 Å². The van der Waals surface area contributed by atoms with Gasteiger partial charge in [0.2, 0.25) is 0 Å². The molecule has 0 amide bonds. The second-order valence-corrected chi connectivity index (χ2v) is 5.68. The molecule has 1 heterocycles. The van der Waals surface area contributed by atoms with Crippen molar-refractivity contribution in [2.24, 2.45) is 0 Å². The molecule has 0 radical (unpaired) electrons. The molecule has 3 aromatic rings. The fourth-order valence-electron chi connectivity index (χ4n) is 2.38. The van der Waals surface area contributed by atoms with E-state index in [9.17, 15) is 4.39 Å². The Labute approximate surface area is 126 Å². The zero-order valence-electron chi connectivity index (χ0n) is 10.8. The summed E-state index contributed by atoms with van der Waals surface area (Å²) in [6.07, 6.45) is 1.97. The zero-order chi connectivity index (χ0) is 14.3. The largest absolute Gasteiger partial charge is 0.343 e. The average molecular weight is 308 g/mol. The summed E-state index contributed by atoms with van der Waals surface area (Å²) in [7, 11) is 0. The molecule has 0 aliphatic carbocycles. The van der Waals surface area contributed by atoms with E-state index in [2.05, 4.69) is 4.57 Å². The summed E-state index contributed by atoms with van der Waals surface area (Å²) in [6.45, 7) is 2.57. The highest BCUT2D eigenvalue weighted by atomic mass is 35.5. The minimum Gasteiger partial charge on any atom is -0.343 e. The molecular weight excluding hydrogens is 296 g/mol. The second-order valence-electron chi connectivity index (χ2n) is 4.83. The van der Waals surface area contributed by atoms with Gasteiger partial charge >= 0.3 is 0 Å². The van der Waals surface area contributed by atoms with Crippen molar-refractivity contribution in [1.82, 2.24) is 4.57 Å². The predicted molar refractivity (Wildman–Crippen MR) is 82.2 cm³/mol. The number of fused-ring (bicyclic) bond motifs is 1. The molecular formula is C16H12Cl2FN. The van der Waals surface area contributed by atoms with Crippen molar-refractivity contribution < 1.29 is 4.39 Å². The number of benzene rings is 2. The molecule has 0 atom stereocenters. The normalized spacial score (nSPS) is 11.2. The van der Waals surface area contributed by atoms with Crippen LogP contribution >= 0.6 is 23.2 Å².